The van der Waals surface area contributed by atoms with Crippen LogP contribution in [0.5, 0.6) is 5.75 Å². The summed E-state index contributed by atoms with van der Waals surface area (Å²) in [5.74, 6) is 0.610. The Balaban J connectivity index is 1.19. The minimum atomic E-state index is -3.01. The second-order valence-corrected chi connectivity index (χ2v) is 11.2. The fraction of sp³-hybridized carbons (Fsp3) is 0.286. The summed E-state index contributed by atoms with van der Waals surface area (Å²) < 4.78 is 62.7. The molecule has 0 N–H and O–H groups in total. The SMILES string of the molecule is CS(=O)(=O)CCc1nccn1CCCCc1ccc(OCc2coc(C=Cc3ccc(F)cc3F)n2)cc1. The van der Waals surface area contributed by atoms with Crippen molar-refractivity contribution in [1.82, 2.24) is 14.5 Å². The molecular weight excluding hydrogens is 512 g/mol. The van der Waals surface area contributed by atoms with E-state index in [0.29, 0.717) is 23.8 Å². The maximum atomic E-state index is 13.7. The highest BCUT2D eigenvalue weighted by Crippen LogP contribution is 2.17. The minimum Gasteiger partial charge on any atom is -0.487 e. The maximum Gasteiger partial charge on any atom is 0.218 e. The van der Waals surface area contributed by atoms with Crippen molar-refractivity contribution in [3.05, 3.63) is 101 Å². The molecule has 0 unspecified atom stereocenters. The molecule has 0 atom stereocenters. The van der Waals surface area contributed by atoms with Crippen molar-refractivity contribution >= 4 is 22.0 Å². The molecule has 0 aliphatic rings. The van der Waals surface area contributed by atoms with Gasteiger partial charge in [0.05, 0.1) is 5.75 Å². The van der Waals surface area contributed by atoms with Crippen molar-refractivity contribution in [2.45, 2.75) is 38.8 Å². The summed E-state index contributed by atoms with van der Waals surface area (Å²) in [4.78, 5) is 8.57. The third-order valence-electron chi connectivity index (χ3n) is 5.86. The Morgan fingerprint density at radius 1 is 1.05 bits per heavy atom. The molecule has 200 valence electrons. The van der Waals surface area contributed by atoms with Gasteiger partial charge in [-0.2, -0.15) is 0 Å². The molecule has 0 saturated heterocycles. The minimum absolute atomic E-state index is 0.103. The zero-order chi connectivity index (χ0) is 27.0. The van der Waals surface area contributed by atoms with Crippen LogP contribution in [0, 0.1) is 11.6 Å². The third kappa shape index (κ3) is 8.37. The number of halogens is 2. The van der Waals surface area contributed by atoms with Crippen molar-refractivity contribution in [2.75, 3.05) is 12.0 Å². The summed E-state index contributed by atoms with van der Waals surface area (Å²) in [5.41, 5.74) is 2.02. The Morgan fingerprint density at radius 2 is 1.87 bits per heavy atom. The van der Waals surface area contributed by atoms with Gasteiger partial charge in [0.15, 0.2) is 0 Å². The van der Waals surface area contributed by atoms with Crippen LogP contribution < -0.4 is 4.74 Å². The first-order valence-corrected chi connectivity index (χ1v) is 14.3. The first-order valence-electron chi connectivity index (χ1n) is 12.2. The topological polar surface area (TPSA) is 87.2 Å². The van der Waals surface area contributed by atoms with Crippen LogP contribution in [-0.2, 0) is 35.8 Å². The number of aryl methyl sites for hydroxylation is 3. The van der Waals surface area contributed by atoms with Crippen LogP contribution in [0.3, 0.4) is 0 Å². The van der Waals surface area contributed by atoms with E-state index in [-0.39, 0.29) is 17.9 Å². The van der Waals surface area contributed by atoms with Gasteiger partial charge in [-0.3, -0.25) is 0 Å². The first kappa shape index (κ1) is 27.3. The number of benzene rings is 2. The number of ether oxygens (including phenoxy) is 1. The molecule has 0 bridgehead atoms. The lowest BCUT2D eigenvalue weighted by Crippen LogP contribution is -2.11. The van der Waals surface area contributed by atoms with Crippen LogP contribution >= 0.6 is 0 Å². The van der Waals surface area contributed by atoms with Crippen molar-refractivity contribution in [3.63, 3.8) is 0 Å². The van der Waals surface area contributed by atoms with Crippen LogP contribution in [0.25, 0.3) is 12.2 Å². The van der Waals surface area contributed by atoms with Gasteiger partial charge in [-0.25, -0.2) is 27.2 Å². The van der Waals surface area contributed by atoms with Crippen molar-refractivity contribution < 1.29 is 26.4 Å². The Labute approximate surface area is 220 Å². The molecule has 0 radical (unpaired) electrons. The summed E-state index contributed by atoms with van der Waals surface area (Å²) in [7, 11) is -3.01. The lowest BCUT2D eigenvalue weighted by molar-refractivity contribution is 0.301. The lowest BCUT2D eigenvalue weighted by atomic mass is 10.1. The van der Waals surface area contributed by atoms with Crippen molar-refractivity contribution in [2.24, 2.45) is 0 Å². The number of hydrogen-bond donors (Lipinski definition) is 0. The van der Waals surface area contributed by atoms with E-state index in [4.69, 9.17) is 9.15 Å². The number of unbranched alkanes of at least 4 members (excludes halogenated alkanes) is 1. The fourth-order valence-corrected chi connectivity index (χ4v) is 4.39. The van der Waals surface area contributed by atoms with Crippen LogP contribution in [0.15, 0.2) is 65.5 Å². The quantitative estimate of drug-likeness (QED) is 0.208. The Bertz CT molecular complexity index is 1480. The molecule has 7 nitrogen and oxygen atoms in total. The monoisotopic (exact) mass is 541 g/mol. The standard InChI is InChI=1S/C28H29F2N3O4S/c1-38(34,35)17-13-27-31-14-16-33(27)15-3-2-4-21-5-10-25(11-6-21)36-19-24-20-37-28(32-24)12-8-22-7-9-23(29)18-26(22)30/h5-12,14,16,18,20H,2-4,13,15,17,19H2,1H3. The molecule has 0 amide bonds. The fourth-order valence-electron chi connectivity index (χ4n) is 3.83. The molecule has 4 rings (SSSR count). The van der Waals surface area contributed by atoms with Gasteiger partial charge in [0.2, 0.25) is 5.89 Å². The van der Waals surface area contributed by atoms with Gasteiger partial charge < -0.3 is 13.7 Å². The first-order chi connectivity index (χ1) is 18.2. The molecule has 0 aliphatic carbocycles. The normalized spacial score (nSPS) is 11.9. The van der Waals surface area contributed by atoms with Crippen LogP contribution in [0.2, 0.25) is 0 Å². The molecule has 2 heterocycles. The summed E-state index contributed by atoms with van der Waals surface area (Å²) in [6, 6.07) is 11.2. The van der Waals surface area contributed by atoms with E-state index in [9.17, 15) is 17.2 Å². The van der Waals surface area contributed by atoms with E-state index >= 15 is 0 Å². The number of oxazole rings is 1. The Kier molecular flexibility index (Phi) is 9.06. The van der Waals surface area contributed by atoms with Gasteiger partial charge in [0.25, 0.3) is 0 Å². The molecule has 2 aromatic carbocycles. The molecule has 38 heavy (non-hydrogen) atoms. The average molecular weight is 542 g/mol. The number of aromatic nitrogens is 3. The zero-order valence-electron chi connectivity index (χ0n) is 21.0. The molecule has 0 fully saturated rings. The molecule has 0 spiro atoms. The van der Waals surface area contributed by atoms with Crippen LogP contribution in [0.1, 0.15) is 41.4 Å². The zero-order valence-corrected chi connectivity index (χ0v) is 21.8. The van der Waals surface area contributed by atoms with E-state index in [0.717, 1.165) is 37.7 Å². The van der Waals surface area contributed by atoms with Gasteiger partial charge in [-0.1, -0.05) is 12.1 Å². The number of hydrogen-bond acceptors (Lipinski definition) is 6. The summed E-state index contributed by atoms with van der Waals surface area (Å²) in [6.45, 7) is 1.02. The lowest BCUT2D eigenvalue weighted by Gasteiger charge is -2.08. The highest BCUT2D eigenvalue weighted by molar-refractivity contribution is 7.90. The van der Waals surface area contributed by atoms with E-state index in [1.807, 2.05) is 35.0 Å². The van der Waals surface area contributed by atoms with Gasteiger partial charge in [-0.05, 0) is 55.2 Å². The van der Waals surface area contributed by atoms with Crippen molar-refractivity contribution in [3.8, 4) is 5.75 Å². The Hall–Kier alpha value is -3.79. The smallest absolute Gasteiger partial charge is 0.218 e. The largest absolute Gasteiger partial charge is 0.487 e. The van der Waals surface area contributed by atoms with Gasteiger partial charge in [0, 0.05) is 49.3 Å². The maximum absolute atomic E-state index is 13.7. The molecule has 0 saturated carbocycles. The van der Waals surface area contributed by atoms with E-state index < -0.39 is 21.5 Å². The molecule has 0 aliphatic heterocycles. The van der Waals surface area contributed by atoms with E-state index in [1.165, 1.54) is 42.4 Å². The predicted octanol–water partition coefficient (Wildman–Crippen LogP) is 5.51. The second-order valence-electron chi connectivity index (χ2n) is 8.98. The Morgan fingerprint density at radius 3 is 2.63 bits per heavy atom. The van der Waals surface area contributed by atoms with E-state index in [2.05, 4.69) is 9.97 Å². The molecule has 10 heteroatoms. The number of rotatable bonds is 13. The molecule has 4 aromatic rings. The van der Waals surface area contributed by atoms with Gasteiger partial charge in [-0.15, -0.1) is 0 Å². The number of nitrogens with zero attached hydrogens (tertiary/aromatic N) is 3. The summed E-state index contributed by atoms with van der Waals surface area (Å²) in [6.07, 6.45) is 12.6. The number of sulfone groups is 1. The van der Waals surface area contributed by atoms with Gasteiger partial charge in [0.1, 0.15) is 51.6 Å². The highest BCUT2D eigenvalue weighted by atomic mass is 32.2. The second kappa shape index (κ2) is 12.6. The van der Waals surface area contributed by atoms with Crippen LogP contribution in [0.4, 0.5) is 8.78 Å². The van der Waals surface area contributed by atoms with E-state index in [1.54, 1.807) is 6.20 Å². The average Bonchev–Trinajstić information content (AvgIpc) is 3.53. The number of imidazole rings is 1. The van der Waals surface area contributed by atoms with Crippen LogP contribution in [-0.4, -0.2) is 35.0 Å². The third-order valence-corrected chi connectivity index (χ3v) is 6.81. The highest BCUT2D eigenvalue weighted by Gasteiger charge is 2.08. The molecule has 2 aromatic heterocycles. The van der Waals surface area contributed by atoms with Gasteiger partial charge >= 0.3 is 0 Å². The van der Waals surface area contributed by atoms with Crippen molar-refractivity contribution in [1.29, 1.82) is 0 Å². The molecular formula is C28H29F2N3O4S. The summed E-state index contributed by atoms with van der Waals surface area (Å²) in [5, 5.41) is 0. The summed E-state index contributed by atoms with van der Waals surface area (Å²) >= 11 is 0. The predicted molar refractivity (Wildman–Crippen MR) is 141 cm³/mol.